The summed E-state index contributed by atoms with van der Waals surface area (Å²) in [7, 11) is 0. The minimum Gasteiger partial charge on any atom is -0.395 e. The van der Waals surface area contributed by atoms with E-state index < -0.39 is 58.6 Å². The molecule has 14 nitrogen and oxygen atoms in total. The quantitative estimate of drug-likeness (QED) is 0.0699. The van der Waals surface area contributed by atoms with Crippen LogP contribution >= 0.6 is 0 Å². The molecule has 0 radical (unpaired) electrons. The van der Waals surface area contributed by atoms with E-state index in [0.717, 1.165) is 23.8 Å². The number of ether oxygens (including phenoxy) is 2. The van der Waals surface area contributed by atoms with Crippen LogP contribution in [0.25, 0.3) is 0 Å². The first-order valence-electron chi connectivity index (χ1n) is 16.7. The van der Waals surface area contributed by atoms with Gasteiger partial charge in [0.2, 0.25) is 17.7 Å². The average Bonchev–Trinajstić information content (AvgIpc) is 3.14. The molecule has 4 aromatic carbocycles. The van der Waals surface area contributed by atoms with E-state index in [1.807, 2.05) is 18.2 Å². The van der Waals surface area contributed by atoms with Crippen LogP contribution in [0, 0.1) is 21.7 Å². The van der Waals surface area contributed by atoms with Gasteiger partial charge in [-0.3, -0.25) is 24.5 Å². The summed E-state index contributed by atoms with van der Waals surface area (Å²) in [5.74, 6) is -4.64. The van der Waals surface area contributed by atoms with Crippen LogP contribution in [0.4, 0.5) is 19.3 Å². The Kier molecular flexibility index (Phi) is 11.3. The molecule has 0 bridgehead atoms. The zero-order chi connectivity index (χ0) is 38.4. The van der Waals surface area contributed by atoms with Gasteiger partial charge < -0.3 is 24.6 Å². The van der Waals surface area contributed by atoms with E-state index in [0.29, 0.717) is 6.07 Å². The Morgan fingerprint density at radius 3 is 2.28 bits per heavy atom. The summed E-state index contributed by atoms with van der Waals surface area (Å²) < 4.78 is 39.1. The molecule has 0 aromatic heterocycles. The highest BCUT2D eigenvalue weighted by Gasteiger charge is 2.51. The number of nitrogens with zero attached hydrogens (tertiary/aromatic N) is 4. The summed E-state index contributed by atoms with van der Waals surface area (Å²) in [5, 5.41) is 15.4. The lowest BCUT2D eigenvalue weighted by atomic mass is 9.86. The number of benzene rings is 4. The van der Waals surface area contributed by atoms with Crippen molar-refractivity contribution in [2.75, 3.05) is 19.6 Å². The standard InChI is InChI=1S/C38H34F2N6O8/c1-2-18-44-23-33(47)45-32(42-44)22-43(21-26-8-11-27(39)19-31(26)40)37(49)35(45)34(36(48)41-20-24-6-4-3-5-7-24)25-9-14-29(15-10-25)53-38(50)54-30-16-12-28(13-17-30)46(51)52/h2-17,19,32,34-35,42H,1,18,20-23H2,(H,41,48). The number of carbonyl (C=O) groups is 4. The van der Waals surface area contributed by atoms with Crippen molar-refractivity contribution in [2.45, 2.75) is 31.2 Å². The molecular weight excluding hydrogens is 706 g/mol. The lowest BCUT2D eigenvalue weighted by molar-refractivity contribution is -0.384. The molecule has 2 aliphatic heterocycles. The molecule has 3 amide bonds. The normalized spacial score (nSPS) is 17.7. The zero-order valence-electron chi connectivity index (χ0n) is 28.6. The number of hydrogen-bond acceptors (Lipinski definition) is 10. The lowest BCUT2D eigenvalue weighted by Crippen LogP contribution is -2.75. The van der Waals surface area contributed by atoms with Crippen LogP contribution < -0.4 is 20.2 Å². The highest BCUT2D eigenvalue weighted by Crippen LogP contribution is 2.34. The molecule has 2 heterocycles. The van der Waals surface area contributed by atoms with Crippen LogP contribution in [0.2, 0.25) is 0 Å². The van der Waals surface area contributed by atoms with E-state index in [2.05, 4.69) is 17.3 Å². The molecule has 3 unspecified atom stereocenters. The summed E-state index contributed by atoms with van der Waals surface area (Å²) >= 11 is 0. The van der Waals surface area contributed by atoms with Crippen molar-refractivity contribution >= 4 is 29.6 Å². The van der Waals surface area contributed by atoms with Crippen LogP contribution in [0.1, 0.15) is 22.6 Å². The number of halogens is 2. The zero-order valence-corrected chi connectivity index (χ0v) is 28.6. The number of fused-ring (bicyclic) bond motifs is 1. The highest BCUT2D eigenvalue weighted by atomic mass is 19.1. The number of amides is 3. The Morgan fingerprint density at radius 2 is 1.65 bits per heavy atom. The van der Waals surface area contributed by atoms with Gasteiger partial charge in [0.05, 0.1) is 23.9 Å². The maximum Gasteiger partial charge on any atom is 0.519 e. The Labute approximate surface area is 307 Å². The summed E-state index contributed by atoms with van der Waals surface area (Å²) in [6.45, 7) is 3.63. The maximum absolute atomic E-state index is 14.9. The van der Waals surface area contributed by atoms with Gasteiger partial charge in [0.15, 0.2) is 0 Å². The molecule has 2 fully saturated rings. The van der Waals surface area contributed by atoms with E-state index in [1.54, 1.807) is 23.2 Å². The molecule has 0 aliphatic carbocycles. The Morgan fingerprint density at radius 1 is 0.981 bits per heavy atom. The summed E-state index contributed by atoms with van der Waals surface area (Å²) in [6, 6.07) is 21.1. The number of piperazine rings is 1. The van der Waals surface area contributed by atoms with E-state index in [9.17, 15) is 38.1 Å². The second-order valence-electron chi connectivity index (χ2n) is 12.5. The van der Waals surface area contributed by atoms with E-state index in [-0.39, 0.29) is 61.0 Å². The predicted molar refractivity (Wildman–Crippen MR) is 188 cm³/mol. The number of hydrogen-bond donors (Lipinski definition) is 2. The third-order valence-corrected chi connectivity index (χ3v) is 8.86. The topological polar surface area (TPSA) is 164 Å². The Hall–Kier alpha value is -6.52. The van der Waals surface area contributed by atoms with Crippen LogP contribution in [-0.4, -0.2) is 75.5 Å². The first-order chi connectivity index (χ1) is 26.0. The summed E-state index contributed by atoms with van der Waals surface area (Å²) in [5.41, 5.74) is 4.12. The van der Waals surface area contributed by atoms with Gasteiger partial charge in [0.25, 0.3) is 5.69 Å². The van der Waals surface area contributed by atoms with Crippen molar-refractivity contribution in [3.05, 3.63) is 148 Å². The van der Waals surface area contributed by atoms with Crippen molar-refractivity contribution < 1.29 is 42.4 Å². The fraction of sp³-hybridized carbons (Fsp3) is 0.211. The number of carbonyl (C=O) groups excluding carboxylic acids is 4. The molecule has 3 atom stereocenters. The SMILES string of the molecule is C=CCN1CC(=O)N2C(CN(Cc3ccc(F)cc3F)C(=O)C2C(C(=O)NCc2ccccc2)c2ccc(OC(=O)Oc3ccc([N+](=O)[O-])cc3)cc2)N1. The van der Waals surface area contributed by atoms with Crippen molar-refractivity contribution in [3.8, 4) is 11.5 Å². The predicted octanol–water partition coefficient (Wildman–Crippen LogP) is 4.42. The van der Waals surface area contributed by atoms with Crippen molar-refractivity contribution in [2.24, 2.45) is 0 Å². The Balaban J connectivity index is 1.32. The highest BCUT2D eigenvalue weighted by molar-refractivity contribution is 5.97. The smallest absolute Gasteiger partial charge is 0.395 e. The van der Waals surface area contributed by atoms with Gasteiger partial charge in [-0.25, -0.2) is 24.0 Å². The van der Waals surface area contributed by atoms with Gasteiger partial charge in [-0.1, -0.05) is 54.6 Å². The molecule has 4 aromatic rings. The monoisotopic (exact) mass is 740 g/mol. The minimum atomic E-state index is -1.42. The van der Waals surface area contributed by atoms with Crippen LogP contribution in [-0.2, 0) is 27.5 Å². The number of nitro benzene ring substituents is 1. The molecule has 6 rings (SSSR count). The van der Waals surface area contributed by atoms with Gasteiger partial charge in [0.1, 0.15) is 35.3 Å². The van der Waals surface area contributed by atoms with Crippen molar-refractivity contribution in [3.63, 3.8) is 0 Å². The van der Waals surface area contributed by atoms with Gasteiger partial charge in [-0.05, 0) is 41.5 Å². The van der Waals surface area contributed by atoms with Gasteiger partial charge in [0, 0.05) is 43.4 Å². The molecule has 0 spiro atoms. The number of non-ortho nitro benzene ring substituents is 1. The van der Waals surface area contributed by atoms with Crippen LogP contribution in [0.5, 0.6) is 11.5 Å². The first-order valence-corrected chi connectivity index (χ1v) is 16.7. The van der Waals surface area contributed by atoms with Gasteiger partial charge in [-0.15, -0.1) is 6.58 Å². The van der Waals surface area contributed by atoms with Crippen molar-refractivity contribution in [1.29, 1.82) is 0 Å². The third kappa shape index (κ3) is 8.57. The van der Waals surface area contributed by atoms with Crippen molar-refractivity contribution in [1.82, 2.24) is 25.6 Å². The number of hydrazine groups is 1. The molecule has 16 heteroatoms. The number of nitro groups is 1. The van der Waals surface area contributed by atoms with E-state index >= 15 is 0 Å². The van der Waals surface area contributed by atoms with Crippen LogP contribution in [0.15, 0.2) is 110 Å². The largest absolute Gasteiger partial charge is 0.519 e. The first kappa shape index (κ1) is 37.2. The second kappa shape index (κ2) is 16.4. The van der Waals surface area contributed by atoms with Gasteiger partial charge in [-0.2, -0.15) is 0 Å². The minimum absolute atomic E-state index is 0.000673. The molecule has 2 saturated heterocycles. The lowest BCUT2D eigenvalue weighted by Gasteiger charge is -2.52. The number of rotatable bonds is 12. The molecule has 2 aliphatic rings. The third-order valence-electron chi connectivity index (χ3n) is 8.86. The molecular formula is C38H34F2N6O8. The molecule has 2 N–H and O–H groups in total. The average molecular weight is 741 g/mol. The summed E-state index contributed by atoms with van der Waals surface area (Å²) in [6.07, 6.45) is -0.381. The molecule has 54 heavy (non-hydrogen) atoms. The van der Waals surface area contributed by atoms with E-state index in [1.165, 1.54) is 52.3 Å². The molecule has 0 saturated carbocycles. The molecule has 278 valence electrons. The summed E-state index contributed by atoms with van der Waals surface area (Å²) in [4.78, 5) is 68.2. The van der Waals surface area contributed by atoms with Gasteiger partial charge >= 0.3 is 6.16 Å². The fourth-order valence-electron chi connectivity index (χ4n) is 6.36. The Bertz CT molecular complexity index is 2050. The number of nitrogens with one attached hydrogen (secondary N) is 2. The maximum atomic E-state index is 14.9. The fourth-order valence-corrected chi connectivity index (χ4v) is 6.36. The second-order valence-corrected chi connectivity index (χ2v) is 12.5. The van der Waals surface area contributed by atoms with Crippen LogP contribution in [0.3, 0.4) is 0 Å². The van der Waals surface area contributed by atoms with E-state index in [4.69, 9.17) is 9.47 Å².